The fraction of sp³-hybridized carbons (Fsp3) is 0.533. The Morgan fingerprint density at radius 3 is 2.70 bits per heavy atom. The summed E-state index contributed by atoms with van der Waals surface area (Å²) in [6.45, 7) is 2.43. The van der Waals surface area contributed by atoms with Crippen molar-refractivity contribution < 1.29 is 15.0 Å². The molecule has 1 amide bonds. The number of benzene rings is 1. The van der Waals surface area contributed by atoms with Gasteiger partial charge < -0.3 is 20.4 Å². The minimum Gasteiger partial charge on any atom is -0.508 e. The third-order valence-corrected chi connectivity index (χ3v) is 3.91. The summed E-state index contributed by atoms with van der Waals surface area (Å²) in [6.07, 6.45) is 3.12. The minimum atomic E-state index is -0.203. The summed E-state index contributed by atoms with van der Waals surface area (Å²) in [4.78, 5) is 14.1. The second-order valence-corrected chi connectivity index (χ2v) is 5.33. The largest absolute Gasteiger partial charge is 0.508 e. The number of phenols is 2. The van der Waals surface area contributed by atoms with Gasteiger partial charge in [-0.15, -0.1) is 0 Å². The van der Waals surface area contributed by atoms with Crippen LogP contribution in [-0.4, -0.2) is 47.7 Å². The van der Waals surface area contributed by atoms with Crippen molar-refractivity contribution in [3.05, 3.63) is 23.8 Å². The van der Waals surface area contributed by atoms with E-state index in [0.717, 1.165) is 25.8 Å². The molecular formula is C15H22N2O3. The van der Waals surface area contributed by atoms with Crippen molar-refractivity contribution in [3.8, 4) is 11.5 Å². The van der Waals surface area contributed by atoms with E-state index in [2.05, 4.69) is 5.32 Å². The Morgan fingerprint density at radius 2 is 2.05 bits per heavy atom. The van der Waals surface area contributed by atoms with Crippen molar-refractivity contribution in [2.75, 3.05) is 26.7 Å². The molecular weight excluding hydrogens is 256 g/mol. The number of nitrogens with zero attached hydrogens (tertiary/aromatic N) is 1. The first-order valence-corrected chi connectivity index (χ1v) is 7.07. The average molecular weight is 278 g/mol. The lowest BCUT2D eigenvalue weighted by Gasteiger charge is -2.32. The third-order valence-electron chi connectivity index (χ3n) is 3.91. The molecule has 1 heterocycles. The molecule has 0 aliphatic carbocycles. The van der Waals surface area contributed by atoms with Crippen molar-refractivity contribution in [1.29, 1.82) is 0 Å². The highest BCUT2D eigenvalue weighted by atomic mass is 16.3. The highest BCUT2D eigenvalue weighted by Gasteiger charge is 2.25. The maximum atomic E-state index is 12.3. The van der Waals surface area contributed by atoms with E-state index in [0.29, 0.717) is 19.0 Å². The Balaban J connectivity index is 1.96. The number of phenolic OH excluding ortho intramolecular Hbond substituents is 2. The smallest absolute Gasteiger partial charge is 0.257 e. The van der Waals surface area contributed by atoms with Gasteiger partial charge in [-0.3, -0.25) is 4.79 Å². The highest BCUT2D eigenvalue weighted by molar-refractivity contribution is 5.97. The SMILES string of the molecule is CNCCC1CCN(C(=O)c2cc(O)ccc2O)CC1. The first-order valence-electron chi connectivity index (χ1n) is 7.07. The number of piperidine rings is 1. The normalized spacial score (nSPS) is 16.4. The van der Waals surface area contributed by atoms with Crippen LogP contribution in [0.3, 0.4) is 0 Å². The average Bonchev–Trinajstić information content (AvgIpc) is 2.47. The summed E-state index contributed by atoms with van der Waals surface area (Å²) < 4.78 is 0. The van der Waals surface area contributed by atoms with Gasteiger partial charge in [0.1, 0.15) is 11.5 Å². The second-order valence-electron chi connectivity index (χ2n) is 5.33. The van der Waals surface area contributed by atoms with Crippen LogP contribution in [0.15, 0.2) is 18.2 Å². The molecule has 5 heteroatoms. The van der Waals surface area contributed by atoms with Crippen LogP contribution in [0.2, 0.25) is 0 Å². The maximum absolute atomic E-state index is 12.3. The van der Waals surface area contributed by atoms with Crippen LogP contribution < -0.4 is 5.32 Å². The number of rotatable bonds is 4. The molecule has 5 nitrogen and oxygen atoms in total. The Hall–Kier alpha value is -1.75. The van der Waals surface area contributed by atoms with Gasteiger partial charge in [-0.05, 0) is 57.0 Å². The van der Waals surface area contributed by atoms with Crippen LogP contribution in [0, 0.1) is 5.92 Å². The molecule has 1 fully saturated rings. The molecule has 1 aliphatic heterocycles. The fourth-order valence-corrected chi connectivity index (χ4v) is 2.64. The van der Waals surface area contributed by atoms with E-state index in [1.165, 1.54) is 18.2 Å². The number of amides is 1. The maximum Gasteiger partial charge on any atom is 0.257 e. The van der Waals surface area contributed by atoms with Gasteiger partial charge >= 0.3 is 0 Å². The highest BCUT2D eigenvalue weighted by Crippen LogP contribution is 2.26. The molecule has 0 radical (unpaired) electrons. The third kappa shape index (κ3) is 3.42. The molecule has 0 saturated carbocycles. The number of hydrogen-bond donors (Lipinski definition) is 3. The Labute approximate surface area is 119 Å². The zero-order valence-corrected chi connectivity index (χ0v) is 11.8. The molecule has 0 unspecified atom stereocenters. The van der Waals surface area contributed by atoms with Crippen molar-refractivity contribution in [1.82, 2.24) is 10.2 Å². The number of hydrogen-bond acceptors (Lipinski definition) is 4. The van der Waals surface area contributed by atoms with E-state index in [9.17, 15) is 15.0 Å². The number of carbonyl (C=O) groups is 1. The number of likely N-dealkylation sites (tertiary alicyclic amines) is 1. The molecule has 2 rings (SSSR count). The summed E-state index contributed by atoms with van der Waals surface area (Å²) in [5.41, 5.74) is 0.179. The van der Waals surface area contributed by atoms with Crippen molar-refractivity contribution in [2.24, 2.45) is 5.92 Å². The predicted molar refractivity (Wildman–Crippen MR) is 76.9 cm³/mol. The summed E-state index contributed by atoms with van der Waals surface area (Å²) in [5.74, 6) is 0.370. The van der Waals surface area contributed by atoms with E-state index in [1.807, 2.05) is 7.05 Å². The van der Waals surface area contributed by atoms with Gasteiger partial charge in [0.05, 0.1) is 5.56 Å². The number of nitrogens with one attached hydrogen (secondary N) is 1. The molecule has 3 N–H and O–H groups in total. The predicted octanol–water partition coefficient (Wildman–Crippen LogP) is 1.56. The van der Waals surface area contributed by atoms with Gasteiger partial charge in [-0.25, -0.2) is 0 Å². The molecule has 20 heavy (non-hydrogen) atoms. The zero-order chi connectivity index (χ0) is 14.5. The summed E-state index contributed by atoms with van der Waals surface area (Å²) in [7, 11) is 1.95. The Bertz CT molecular complexity index is 468. The van der Waals surface area contributed by atoms with Crippen LogP contribution in [-0.2, 0) is 0 Å². The van der Waals surface area contributed by atoms with Gasteiger partial charge in [0.15, 0.2) is 0 Å². The van der Waals surface area contributed by atoms with Crippen LogP contribution in [0.25, 0.3) is 0 Å². The molecule has 1 aromatic rings. The van der Waals surface area contributed by atoms with E-state index in [-0.39, 0.29) is 23.0 Å². The quantitative estimate of drug-likeness (QED) is 0.731. The molecule has 110 valence electrons. The van der Waals surface area contributed by atoms with E-state index >= 15 is 0 Å². The topological polar surface area (TPSA) is 72.8 Å². The van der Waals surface area contributed by atoms with E-state index in [4.69, 9.17) is 0 Å². The molecule has 0 atom stereocenters. The van der Waals surface area contributed by atoms with Gasteiger partial charge in [0.25, 0.3) is 5.91 Å². The second kappa shape index (κ2) is 6.61. The van der Waals surface area contributed by atoms with Crippen molar-refractivity contribution in [3.63, 3.8) is 0 Å². The zero-order valence-electron chi connectivity index (χ0n) is 11.8. The number of carbonyl (C=O) groups excluding carboxylic acids is 1. The summed E-state index contributed by atoms with van der Waals surface area (Å²) in [6, 6.07) is 4.04. The molecule has 0 bridgehead atoms. The Morgan fingerprint density at radius 1 is 1.35 bits per heavy atom. The van der Waals surface area contributed by atoms with Gasteiger partial charge in [0.2, 0.25) is 0 Å². The lowest BCUT2D eigenvalue weighted by atomic mass is 9.93. The van der Waals surface area contributed by atoms with E-state index < -0.39 is 0 Å². The summed E-state index contributed by atoms with van der Waals surface area (Å²) >= 11 is 0. The van der Waals surface area contributed by atoms with Crippen LogP contribution >= 0.6 is 0 Å². The first kappa shape index (κ1) is 14.7. The minimum absolute atomic E-state index is 0.00458. The standard InChI is InChI=1S/C15H22N2O3/c1-16-7-4-11-5-8-17(9-6-11)15(20)13-10-12(18)2-3-14(13)19/h2-3,10-11,16,18-19H,4-9H2,1H3. The van der Waals surface area contributed by atoms with Gasteiger partial charge in [0, 0.05) is 13.1 Å². The molecule has 1 aromatic carbocycles. The fourth-order valence-electron chi connectivity index (χ4n) is 2.64. The van der Waals surface area contributed by atoms with Crippen molar-refractivity contribution >= 4 is 5.91 Å². The summed E-state index contributed by atoms with van der Waals surface area (Å²) in [5, 5.41) is 22.3. The lowest BCUT2D eigenvalue weighted by Crippen LogP contribution is -2.39. The molecule has 1 saturated heterocycles. The van der Waals surface area contributed by atoms with E-state index in [1.54, 1.807) is 4.90 Å². The van der Waals surface area contributed by atoms with Crippen molar-refractivity contribution in [2.45, 2.75) is 19.3 Å². The Kier molecular flexibility index (Phi) is 4.84. The van der Waals surface area contributed by atoms with Gasteiger partial charge in [-0.2, -0.15) is 0 Å². The van der Waals surface area contributed by atoms with Gasteiger partial charge in [-0.1, -0.05) is 0 Å². The van der Waals surface area contributed by atoms with Crippen LogP contribution in [0.5, 0.6) is 11.5 Å². The monoisotopic (exact) mass is 278 g/mol. The number of aromatic hydroxyl groups is 2. The molecule has 0 aromatic heterocycles. The van der Waals surface area contributed by atoms with Crippen LogP contribution in [0.4, 0.5) is 0 Å². The van der Waals surface area contributed by atoms with Crippen LogP contribution in [0.1, 0.15) is 29.6 Å². The molecule has 1 aliphatic rings. The lowest BCUT2D eigenvalue weighted by molar-refractivity contribution is 0.0683. The molecule has 0 spiro atoms. The first-order chi connectivity index (χ1) is 9.61.